The van der Waals surface area contributed by atoms with Crippen LogP contribution in [0.3, 0.4) is 0 Å². The van der Waals surface area contributed by atoms with Crippen molar-refractivity contribution < 1.29 is 9.59 Å². The van der Waals surface area contributed by atoms with Gasteiger partial charge in [0.25, 0.3) is 0 Å². The van der Waals surface area contributed by atoms with Crippen molar-refractivity contribution in [2.75, 3.05) is 26.7 Å². The van der Waals surface area contributed by atoms with Crippen LogP contribution >= 0.6 is 0 Å². The summed E-state index contributed by atoms with van der Waals surface area (Å²) >= 11 is 0. The van der Waals surface area contributed by atoms with E-state index in [-0.39, 0.29) is 18.5 Å². The molecule has 5 nitrogen and oxygen atoms in total. The lowest BCUT2D eigenvalue weighted by Gasteiger charge is -2.16. The van der Waals surface area contributed by atoms with E-state index in [1.807, 2.05) is 13.8 Å². The summed E-state index contributed by atoms with van der Waals surface area (Å²) in [6, 6.07) is -0.210. The monoisotopic (exact) mass is 201 g/mol. The third-order valence-corrected chi connectivity index (χ3v) is 1.63. The SMILES string of the molecule is CCCNC(=O)N(C)CC(=O)NCC. The Morgan fingerprint density at radius 1 is 1.21 bits per heavy atom. The molecule has 14 heavy (non-hydrogen) atoms. The van der Waals surface area contributed by atoms with E-state index in [0.717, 1.165) is 6.42 Å². The van der Waals surface area contributed by atoms with Gasteiger partial charge in [-0.3, -0.25) is 4.79 Å². The minimum atomic E-state index is -0.210. The molecule has 0 aliphatic rings. The fourth-order valence-corrected chi connectivity index (χ4v) is 0.907. The Kier molecular flexibility index (Phi) is 6.53. The zero-order valence-corrected chi connectivity index (χ0v) is 9.09. The molecule has 0 aromatic rings. The molecule has 82 valence electrons. The van der Waals surface area contributed by atoms with Crippen molar-refractivity contribution >= 4 is 11.9 Å². The summed E-state index contributed by atoms with van der Waals surface area (Å²) in [6.07, 6.45) is 0.890. The van der Waals surface area contributed by atoms with Crippen LogP contribution < -0.4 is 10.6 Å². The molecule has 0 aliphatic heterocycles. The Bertz CT molecular complexity index is 194. The second-order valence-electron chi connectivity index (χ2n) is 3.04. The molecular formula is C9H19N3O2. The second kappa shape index (κ2) is 7.17. The van der Waals surface area contributed by atoms with Gasteiger partial charge in [0.05, 0.1) is 0 Å². The highest BCUT2D eigenvalue weighted by atomic mass is 16.2. The number of likely N-dealkylation sites (N-methyl/N-ethyl adjacent to an activating group) is 2. The van der Waals surface area contributed by atoms with E-state index in [1.54, 1.807) is 7.05 Å². The first-order chi connectivity index (χ1) is 6.61. The number of nitrogens with one attached hydrogen (secondary N) is 2. The van der Waals surface area contributed by atoms with E-state index in [4.69, 9.17) is 0 Å². The van der Waals surface area contributed by atoms with Gasteiger partial charge in [0.1, 0.15) is 6.54 Å². The lowest BCUT2D eigenvalue weighted by Crippen LogP contribution is -2.43. The van der Waals surface area contributed by atoms with Crippen LogP contribution in [0.15, 0.2) is 0 Å². The summed E-state index contributed by atoms with van der Waals surface area (Å²) in [5, 5.41) is 5.31. The maximum absolute atomic E-state index is 11.3. The summed E-state index contributed by atoms with van der Waals surface area (Å²) in [4.78, 5) is 23.7. The van der Waals surface area contributed by atoms with Crippen LogP contribution in [0.5, 0.6) is 0 Å². The van der Waals surface area contributed by atoms with E-state index < -0.39 is 0 Å². The van der Waals surface area contributed by atoms with Crippen LogP contribution in [0.25, 0.3) is 0 Å². The zero-order valence-electron chi connectivity index (χ0n) is 9.09. The minimum Gasteiger partial charge on any atom is -0.355 e. The quantitative estimate of drug-likeness (QED) is 0.666. The van der Waals surface area contributed by atoms with Gasteiger partial charge in [0.15, 0.2) is 0 Å². The molecule has 0 spiro atoms. The smallest absolute Gasteiger partial charge is 0.317 e. The van der Waals surface area contributed by atoms with Crippen molar-refractivity contribution in [1.29, 1.82) is 0 Å². The van der Waals surface area contributed by atoms with Gasteiger partial charge < -0.3 is 15.5 Å². The molecule has 2 N–H and O–H groups in total. The van der Waals surface area contributed by atoms with E-state index in [0.29, 0.717) is 13.1 Å². The van der Waals surface area contributed by atoms with Gasteiger partial charge in [0, 0.05) is 20.1 Å². The Balaban J connectivity index is 3.76. The zero-order chi connectivity index (χ0) is 11.0. The predicted octanol–water partition coefficient (Wildman–Crippen LogP) is 0.174. The number of hydrogen-bond donors (Lipinski definition) is 2. The standard InChI is InChI=1S/C9H19N3O2/c1-4-6-11-9(14)12(3)7-8(13)10-5-2/h4-7H2,1-3H3,(H,10,13)(H,11,14). The number of amides is 3. The minimum absolute atomic E-state index is 0.101. The normalized spacial score (nSPS) is 9.36. The Labute approximate surface area is 84.8 Å². The first-order valence-electron chi connectivity index (χ1n) is 4.87. The molecule has 5 heteroatoms. The van der Waals surface area contributed by atoms with Gasteiger partial charge in [-0.25, -0.2) is 4.79 Å². The average Bonchev–Trinajstić information content (AvgIpc) is 2.14. The third kappa shape index (κ3) is 5.40. The molecule has 0 bridgehead atoms. The molecule has 0 rings (SSSR count). The topological polar surface area (TPSA) is 61.4 Å². The van der Waals surface area contributed by atoms with Gasteiger partial charge in [0.2, 0.25) is 5.91 Å². The number of carbonyl (C=O) groups is 2. The molecule has 0 saturated heterocycles. The van der Waals surface area contributed by atoms with Crippen LogP contribution in [0.2, 0.25) is 0 Å². The van der Waals surface area contributed by atoms with Crippen LogP contribution in [0, 0.1) is 0 Å². The van der Waals surface area contributed by atoms with Crippen LogP contribution in [-0.4, -0.2) is 43.5 Å². The summed E-state index contributed by atoms with van der Waals surface area (Å²) in [5.74, 6) is -0.137. The summed E-state index contributed by atoms with van der Waals surface area (Å²) in [5.41, 5.74) is 0. The van der Waals surface area contributed by atoms with Crippen molar-refractivity contribution in [2.45, 2.75) is 20.3 Å². The maximum atomic E-state index is 11.3. The van der Waals surface area contributed by atoms with Gasteiger partial charge in [-0.1, -0.05) is 6.92 Å². The first kappa shape index (κ1) is 12.7. The second-order valence-corrected chi connectivity index (χ2v) is 3.04. The Morgan fingerprint density at radius 2 is 1.86 bits per heavy atom. The lowest BCUT2D eigenvalue weighted by molar-refractivity contribution is -0.121. The molecular weight excluding hydrogens is 182 g/mol. The molecule has 0 unspecified atom stereocenters. The molecule has 3 amide bonds. The van der Waals surface area contributed by atoms with Gasteiger partial charge >= 0.3 is 6.03 Å². The fraction of sp³-hybridized carbons (Fsp3) is 0.778. The van der Waals surface area contributed by atoms with Crippen molar-refractivity contribution in [3.05, 3.63) is 0 Å². The largest absolute Gasteiger partial charge is 0.355 e. The van der Waals surface area contributed by atoms with Crippen molar-refractivity contribution in [3.8, 4) is 0 Å². The van der Waals surface area contributed by atoms with Crippen molar-refractivity contribution in [1.82, 2.24) is 15.5 Å². The summed E-state index contributed by atoms with van der Waals surface area (Å²) in [7, 11) is 1.60. The van der Waals surface area contributed by atoms with Gasteiger partial charge in [-0.05, 0) is 13.3 Å². The molecule has 0 fully saturated rings. The molecule has 0 atom stereocenters. The Hall–Kier alpha value is -1.26. The predicted molar refractivity (Wildman–Crippen MR) is 55.0 cm³/mol. The molecule has 0 aromatic carbocycles. The lowest BCUT2D eigenvalue weighted by atomic mass is 10.5. The van der Waals surface area contributed by atoms with E-state index in [1.165, 1.54) is 4.90 Å². The number of urea groups is 1. The highest BCUT2D eigenvalue weighted by molar-refractivity contribution is 5.83. The average molecular weight is 201 g/mol. The number of carbonyl (C=O) groups excluding carboxylic acids is 2. The van der Waals surface area contributed by atoms with E-state index in [2.05, 4.69) is 10.6 Å². The van der Waals surface area contributed by atoms with Crippen LogP contribution in [0.4, 0.5) is 4.79 Å². The molecule has 0 saturated carbocycles. The van der Waals surface area contributed by atoms with Crippen molar-refractivity contribution in [2.24, 2.45) is 0 Å². The highest BCUT2D eigenvalue weighted by Gasteiger charge is 2.10. The van der Waals surface area contributed by atoms with E-state index in [9.17, 15) is 9.59 Å². The molecule has 0 aromatic heterocycles. The third-order valence-electron chi connectivity index (χ3n) is 1.63. The molecule has 0 aliphatic carbocycles. The molecule has 0 heterocycles. The van der Waals surface area contributed by atoms with Crippen molar-refractivity contribution in [3.63, 3.8) is 0 Å². The summed E-state index contributed by atoms with van der Waals surface area (Å²) < 4.78 is 0. The highest BCUT2D eigenvalue weighted by Crippen LogP contribution is 1.84. The van der Waals surface area contributed by atoms with Gasteiger partial charge in [-0.2, -0.15) is 0 Å². The first-order valence-corrected chi connectivity index (χ1v) is 4.87. The maximum Gasteiger partial charge on any atom is 0.317 e. The van der Waals surface area contributed by atoms with Crippen LogP contribution in [0.1, 0.15) is 20.3 Å². The molecule has 0 radical (unpaired) electrons. The number of rotatable bonds is 5. The van der Waals surface area contributed by atoms with Crippen LogP contribution in [-0.2, 0) is 4.79 Å². The number of nitrogens with zero attached hydrogens (tertiary/aromatic N) is 1. The fourth-order valence-electron chi connectivity index (χ4n) is 0.907. The Morgan fingerprint density at radius 3 is 2.36 bits per heavy atom. The number of hydrogen-bond acceptors (Lipinski definition) is 2. The van der Waals surface area contributed by atoms with Gasteiger partial charge in [-0.15, -0.1) is 0 Å². The summed E-state index contributed by atoms with van der Waals surface area (Å²) in [6.45, 7) is 5.14. The van der Waals surface area contributed by atoms with E-state index >= 15 is 0 Å².